The number of sulfonamides is 1. The highest BCUT2D eigenvalue weighted by molar-refractivity contribution is 7.89. The predicted octanol–water partition coefficient (Wildman–Crippen LogP) is 0.514. The Balaban J connectivity index is 2.09. The molecule has 0 aromatic rings. The summed E-state index contributed by atoms with van der Waals surface area (Å²) in [6.45, 7) is 2.67. The monoisotopic (exact) mass is 332 g/mol. The molecular weight excluding hydrogens is 308 g/mol. The highest BCUT2D eigenvalue weighted by atomic mass is 32.2. The van der Waals surface area contributed by atoms with E-state index in [1.165, 1.54) is 9.21 Å². The van der Waals surface area contributed by atoms with Gasteiger partial charge in [-0.1, -0.05) is 0 Å². The van der Waals surface area contributed by atoms with E-state index >= 15 is 0 Å². The molecule has 1 amide bonds. The van der Waals surface area contributed by atoms with E-state index in [-0.39, 0.29) is 18.2 Å². The molecule has 2 atom stereocenters. The van der Waals surface area contributed by atoms with Gasteiger partial charge in [0.05, 0.1) is 11.7 Å². The standard InChI is InChI=1S/C14H24N2O5S/c1-2-22(20,21)15-8-5-6-11(10-15)13(17)16-9-4-3-7-12(16)14(18)19/h11-12H,2-10H2,1H3,(H,18,19). The van der Waals surface area contributed by atoms with Gasteiger partial charge in [0.1, 0.15) is 6.04 Å². The third kappa shape index (κ3) is 3.60. The summed E-state index contributed by atoms with van der Waals surface area (Å²) in [6, 6.07) is -0.764. The summed E-state index contributed by atoms with van der Waals surface area (Å²) in [6.07, 6.45) is 3.35. The van der Waals surface area contributed by atoms with E-state index in [4.69, 9.17) is 0 Å². The molecule has 1 N–H and O–H groups in total. The smallest absolute Gasteiger partial charge is 0.326 e. The minimum Gasteiger partial charge on any atom is -0.480 e. The Morgan fingerprint density at radius 3 is 2.50 bits per heavy atom. The number of amides is 1. The van der Waals surface area contributed by atoms with Crippen molar-refractivity contribution in [1.29, 1.82) is 0 Å². The first-order valence-corrected chi connectivity index (χ1v) is 9.49. The molecule has 0 bridgehead atoms. The van der Waals surface area contributed by atoms with Crippen molar-refractivity contribution in [3.8, 4) is 0 Å². The number of carboxylic acids is 1. The molecule has 22 heavy (non-hydrogen) atoms. The summed E-state index contributed by atoms with van der Waals surface area (Å²) in [7, 11) is -3.30. The van der Waals surface area contributed by atoms with Crippen LogP contribution < -0.4 is 0 Å². The average molecular weight is 332 g/mol. The van der Waals surface area contributed by atoms with Crippen molar-refractivity contribution in [3.05, 3.63) is 0 Å². The molecule has 0 aromatic heterocycles. The second kappa shape index (κ2) is 6.95. The van der Waals surface area contributed by atoms with Crippen LogP contribution >= 0.6 is 0 Å². The highest BCUT2D eigenvalue weighted by Gasteiger charge is 2.38. The maximum absolute atomic E-state index is 12.7. The van der Waals surface area contributed by atoms with E-state index in [0.717, 1.165) is 12.8 Å². The molecule has 0 radical (unpaired) electrons. The number of likely N-dealkylation sites (tertiary alicyclic amines) is 1. The SMILES string of the molecule is CCS(=O)(=O)N1CCCC(C(=O)N2CCCCC2C(=O)O)C1. The molecule has 2 fully saturated rings. The van der Waals surface area contributed by atoms with Gasteiger partial charge in [-0.2, -0.15) is 0 Å². The van der Waals surface area contributed by atoms with Crippen molar-refractivity contribution < 1.29 is 23.1 Å². The van der Waals surface area contributed by atoms with Crippen molar-refractivity contribution in [2.24, 2.45) is 5.92 Å². The quantitative estimate of drug-likeness (QED) is 0.809. The van der Waals surface area contributed by atoms with Crippen LogP contribution in [-0.2, 0) is 19.6 Å². The van der Waals surface area contributed by atoms with E-state index in [1.54, 1.807) is 6.92 Å². The zero-order valence-electron chi connectivity index (χ0n) is 12.9. The van der Waals surface area contributed by atoms with Gasteiger partial charge in [0.15, 0.2) is 0 Å². The normalized spacial score (nSPS) is 27.6. The molecule has 2 aliphatic heterocycles. The van der Waals surface area contributed by atoms with Gasteiger partial charge in [-0.3, -0.25) is 4.79 Å². The van der Waals surface area contributed by atoms with Gasteiger partial charge < -0.3 is 10.0 Å². The van der Waals surface area contributed by atoms with Gasteiger partial charge in [0.2, 0.25) is 15.9 Å². The number of hydrogen-bond donors (Lipinski definition) is 1. The second-order valence-electron chi connectivity index (χ2n) is 5.98. The number of carbonyl (C=O) groups excluding carboxylic acids is 1. The van der Waals surface area contributed by atoms with Crippen molar-refractivity contribution in [2.75, 3.05) is 25.4 Å². The van der Waals surface area contributed by atoms with E-state index in [1.807, 2.05) is 0 Å². The van der Waals surface area contributed by atoms with Gasteiger partial charge in [-0.15, -0.1) is 0 Å². The molecule has 0 aromatic carbocycles. The number of rotatable bonds is 4. The second-order valence-corrected chi connectivity index (χ2v) is 8.24. The molecular formula is C14H24N2O5S. The third-order valence-electron chi connectivity index (χ3n) is 4.56. The van der Waals surface area contributed by atoms with Crippen LogP contribution in [0.1, 0.15) is 39.0 Å². The molecule has 0 aliphatic carbocycles. The fourth-order valence-corrected chi connectivity index (χ4v) is 4.45. The lowest BCUT2D eigenvalue weighted by Crippen LogP contribution is -2.53. The average Bonchev–Trinajstić information content (AvgIpc) is 2.54. The summed E-state index contributed by atoms with van der Waals surface area (Å²) < 4.78 is 25.3. The maximum atomic E-state index is 12.7. The molecule has 0 spiro atoms. The van der Waals surface area contributed by atoms with Crippen LogP contribution in [0.3, 0.4) is 0 Å². The summed E-state index contributed by atoms with van der Waals surface area (Å²) in [5.41, 5.74) is 0. The Labute approximate surface area is 131 Å². The van der Waals surface area contributed by atoms with Crippen LogP contribution in [0.2, 0.25) is 0 Å². The number of nitrogens with zero attached hydrogens (tertiary/aromatic N) is 2. The number of piperidine rings is 2. The van der Waals surface area contributed by atoms with Gasteiger partial charge in [0, 0.05) is 19.6 Å². The molecule has 2 heterocycles. The fourth-order valence-electron chi connectivity index (χ4n) is 3.27. The summed E-state index contributed by atoms with van der Waals surface area (Å²) in [5, 5.41) is 9.28. The van der Waals surface area contributed by atoms with Gasteiger partial charge in [0.25, 0.3) is 0 Å². The lowest BCUT2D eigenvalue weighted by atomic mass is 9.94. The fraction of sp³-hybridized carbons (Fsp3) is 0.857. The van der Waals surface area contributed by atoms with Crippen LogP contribution in [0.15, 0.2) is 0 Å². The minimum atomic E-state index is -3.30. The largest absolute Gasteiger partial charge is 0.480 e. The number of carboxylic acid groups (broad SMARTS) is 1. The van der Waals surface area contributed by atoms with E-state index < -0.39 is 28.0 Å². The van der Waals surface area contributed by atoms with Gasteiger partial charge >= 0.3 is 5.97 Å². The van der Waals surface area contributed by atoms with Crippen LogP contribution in [0.5, 0.6) is 0 Å². The lowest BCUT2D eigenvalue weighted by molar-refractivity contribution is -0.154. The van der Waals surface area contributed by atoms with Crippen LogP contribution in [0.4, 0.5) is 0 Å². The van der Waals surface area contributed by atoms with Gasteiger partial charge in [-0.25, -0.2) is 17.5 Å². The topological polar surface area (TPSA) is 95.0 Å². The summed E-state index contributed by atoms with van der Waals surface area (Å²) in [4.78, 5) is 25.4. The summed E-state index contributed by atoms with van der Waals surface area (Å²) >= 11 is 0. The Morgan fingerprint density at radius 1 is 1.14 bits per heavy atom. The van der Waals surface area contributed by atoms with Crippen LogP contribution in [-0.4, -0.2) is 66.0 Å². The lowest BCUT2D eigenvalue weighted by Gasteiger charge is -2.38. The van der Waals surface area contributed by atoms with E-state index in [9.17, 15) is 23.1 Å². The molecule has 2 aliphatic rings. The third-order valence-corrected chi connectivity index (χ3v) is 6.41. The Morgan fingerprint density at radius 2 is 1.86 bits per heavy atom. The van der Waals surface area contributed by atoms with Gasteiger partial charge in [-0.05, 0) is 39.0 Å². The van der Waals surface area contributed by atoms with Crippen molar-refractivity contribution in [1.82, 2.24) is 9.21 Å². The number of hydrogen-bond acceptors (Lipinski definition) is 4. The molecule has 0 saturated carbocycles. The van der Waals surface area contributed by atoms with Crippen molar-refractivity contribution in [3.63, 3.8) is 0 Å². The summed E-state index contributed by atoms with van der Waals surface area (Å²) in [5.74, 6) is -1.57. The first-order valence-electron chi connectivity index (χ1n) is 7.88. The zero-order chi connectivity index (χ0) is 16.3. The number of aliphatic carboxylic acids is 1. The minimum absolute atomic E-state index is 0.0232. The highest BCUT2D eigenvalue weighted by Crippen LogP contribution is 2.25. The van der Waals surface area contributed by atoms with E-state index in [2.05, 4.69) is 0 Å². The molecule has 7 nitrogen and oxygen atoms in total. The predicted molar refractivity (Wildman–Crippen MR) is 80.7 cm³/mol. The Hall–Kier alpha value is -1.15. The first kappa shape index (κ1) is 17.2. The van der Waals surface area contributed by atoms with Crippen molar-refractivity contribution >= 4 is 21.9 Å². The van der Waals surface area contributed by atoms with Crippen LogP contribution in [0.25, 0.3) is 0 Å². The first-order chi connectivity index (χ1) is 10.4. The van der Waals surface area contributed by atoms with Crippen molar-refractivity contribution in [2.45, 2.75) is 45.1 Å². The van der Waals surface area contributed by atoms with Crippen LogP contribution in [0, 0.1) is 5.92 Å². The maximum Gasteiger partial charge on any atom is 0.326 e. The molecule has 126 valence electrons. The molecule has 8 heteroatoms. The Kier molecular flexibility index (Phi) is 5.44. The van der Waals surface area contributed by atoms with E-state index in [0.29, 0.717) is 32.4 Å². The number of carbonyl (C=O) groups is 2. The Bertz CT molecular complexity index is 533. The molecule has 2 saturated heterocycles. The molecule has 2 rings (SSSR count). The molecule has 2 unspecified atom stereocenters. The zero-order valence-corrected chi connectivity index (χ0v) is 13.7.